The van der Waals surface area contributed by atoms with Crippen LogP contribution >= 0.6 is 0 Å². The van der Waals surface area contributed by atoms with E-state index in [-0.39, 0.29) is 35.0 Å². The van der Waals surface area contributed by atoms with Crippen LogP contribution in [0.1, 0.15) is 85.5 Å². The third-order valence-electron chi connectivity index (χ3n) is 11.1. The van der Waals surface area contributed by atoms with Crippen molar-refractivity contribution in [1.82, 2.24) is 0 Å². The fraction of sp³-hybridized carbons (Fsp3) is 0.929. The molecule has 0 spiro atoms. The average molecular weight is 494 g/mol. The number of rotatable bonds is 6. The summed E-state index contributed by atoms with van der Waals surface area (Å²) in [7, 11) is 1.44. The Morgan fingerprint density at radius 2 is 1.86 bits per heavy atom. The van der Waals surface area contributed by atoms with Gasteiger partial charge in [-0.1, -0.05) is 20.8 Å². The summed E-state index contributed by atoms with van der Waals surface area (Å²) < 4.78 is 15.5. The van der Waals surface area contributed by atoms with Gasteiger partial charge >= 0.3 is 12.1 Å². The van der Waals surface area contributed by atoms with Crippen molar-refractivity contribution in [2.75, 3.05) is 13.7 Å². The van der Waals surface area contributed by atoms with Crippen molar-refractivity contribution in [3.05, 3.63) is 0 Å². The van der Waals surface area contributed by atoms with Crippen LogP contribution in [0, 0.1) is 46.3 Å². The van der Waals surface area contributed by atoms with Crippen LogP contribution in [-0.2, 0) is 19.0 Å². The topological polar surface area (TPSA) is 108 Å². The minimum Gasteiger partial charge on any atom is -0.469 e. The first-order chi connectivity index (χ1) is 16.6. The Hall–Kier alpha value is -1.34. The molecule has 0 aromatic heterocycles. The van der Waals surface area contributed by atoms with Gasteiger partial charge in [0.15, 0.2) is 0 Å². The minimum atomic E-state index is -0.568. The van der Waals surface area contributed by atoms with E-state index in [9.17, 15) is 14.7 Å². The Bertz CT molecular complexity index is 789. The highest BCUT2D eigenvalue weighted by molar-refractivity contribution is 5.69. The molecule has 4 rings (SSSR count). The molecule has 0 saturated heterocycles. The van der Waals surface area contributed by atoms with Crippen LogP contribution in [-0.4, -0.2) is 49.2 Å². The van der Waals surface area contributed by atoms with Crippen LogP contribution in [0.25, 0.3) is 0 Å². The summed E-state index contributed by atoms with van der Waals surface area (Å²) in [6, 6.07) is 0.0976. The number of aliphatic hydroxyl groups is 1. The Kier molecular flexibility index (Phi) is 7.78. The molecule has 4 fully saturated rings. The molecule has 0 aromatic carbocycles. The normalized spacial score (nSPS) is 45.5. The Morgan fingerprint density at radius 1 is 1.11 bits per heavy atom. The maximum Gasteiger partial charge on any atom is 0.508 e. The fourth-order valence-electron chi connectivity index (χ4n) is 9.26. The maximum absolute atomic E-state index is 11.9. The number of aliphatic hydroxyl groups excluding tert-OH is 1. The predicted molar refractivity (Wildman–Crippen MR) is 132 cm³/mol. The Morgan fingerprint density at radius 3 is 2.54 bits per heavy atom. The third kappa shape index (κ3) is 4.60. The first-order valence-corrected chi connectivity index (χ1v) is 13.9. The molecule has 0 aromatic rings. The number of carbonyl (C=O) groups excluding carboxylic acids is 2. The monoisotopic (exact) mass is 493 g/mol. The summed E-state index contributed by atoms with van der Waals surface area (Å²) in [6.07, 6.45) is 6.79. The van der Waals surface area contributed by atoms with Gasteiger partial charge in [-0.2, -0.15) is 0 Å². The van der Waals surface area contributed by atoms with Gasteiger partial charge in [0, 0.05) is 12.5 Å². The van der Waals surface area contributed by atoms with Gasteiger partial charge in [0.1, 0.15) is 6.10 Å². The van der Waals surface area contributed by atoms with Gasteiger partial charge in [0.25, 0.3) is 0 Å². The van der Waals surface area contributed by atoms with E-state index in [4.69, 9.17) is 19.9 Å². The zero-order chi connectivity index (χ0) is 25.5. The highest BCUT2D eigenvalue weighted by Crippen LogP contribution is 2.68. The smallest absolute Gasteiger partial charge is 0.469 e. The highest BCUT2D eigenvalue weighted by atomic mass is 16.7. The summed E-state index contributed by atoms with van der Waals surface area (Å²) in [5.41, 5.74) is 6.91. The summed E-state index contributed by atoms with van der Waals surface area (Å²) in [6.45, 7) is 9.05. The summed E-state index contributed by atoms with van der Waals surface area (Å²) >= 11 is 0. The number of hydrogen-bond acceptors (Lipinski definition) is 7. The van der Waals surface area contributed by atoms with E-state index >= 15 is 0 Å². The molecule has 4 saturated carbocycles. The minimum absolute atomic E-state index is 0.0976. The van der Waals surface area contributed by atoms with Gasteiger partial charge in [0.2, 0.25) is 0 Å². The molecule has 0 amide bonds. The van der Waals surface area contributed by atoms with Crippen molar-refractivity contribution in [3.8, 4) is 0 Å². The van der Waals surface area contributed by atoms with Gasteiger partial charge < -0.3 is 25.1 Å². The lowest BCUT2D eigenvalue weighted by Crippen LogP contribution is -2.64. The number of hydrogen-bond donors (Lipinski definition) is 2. The summed E-state index contributed by atoms with van der Waals surface area (Å²) in [4.78, 5) is 23.7. The second-order valence-corrected chi connectivity index (χ2v) is 12.5. The third-order valence-corrected chi connectivity index (χ3v) is 11.1. The molecule has 3 N–H and O–H groups in total. The van der Waals surface area contributed by atoms with Crippen molar-refractivity contribution in [2.24, 2.45) is 52.1 Å². The van der Waals surface area contributed by atoms with Crippen molar-refractivity contribution in [3.63, 3.8) is 0 Å². The molecule has 0 unspecified atom stereocenters. The Balaban J connectivity index is 1.50. The molecule has 0 radical (unpaired) electrons. The van der Waals surface area contributed by atoms with Crippen LogP contribution in [0.15, 0.2) is 0 Å². The van der Waals surface area contributed by atoms with Gasteiger partial charge in [0.05, 0.1) is 19.8 Å². The number of carbonyl (C=O) groups is 2. The fourth-order valence-corrected chi connectivity index (χ4v) is 9.26. The Labute approximate surface area is 210 Å². The maximum atomic E-state index is 11.9. The molecule has 35 heavy (non-hydrogen) atoms. The predicted octanol–water partition coefficient (Wildman–Crippen LogP) is 4.68. The summed E-state index contributed by atoms with van der Waals surface area (Å²) in [5.74, 6) is 2.18. The average Bonchev–Trinajstić information content (AvgIpc) is 3.17. The lowest BCUT2D eigenvalue weighted by atomic mass is 9.42. The number of fused-ring (bicyclic) bond motifs is 5. The van der Waals surface area contributed by atoms with Crippen molar-refractivity contribution < 1.29 is 28.9 Å². The molecule has 4 aliphatic rings. The molecule has 4 aliphatic carbocycles. The molecular weight excluding hydrogens is 446 g/mol. The number of methoxy groups -OCH3 is 1. The second-order valence-electron chi connectivity index (χ2n) is 12.5. The molecule has 7 heteroatoms. The van der Waals surface area contributed by atoms with Gasteiger partial charge in [-0.15, -0.1) is 0 Å². The molecule has 7 nitrogen and oxygen atoms in total. The molecule has 0 bridgehead atoms. The first-order valence-electron chi connectivity index (χ1n) is 13.9. The molecule has 11 atom stereocenters. The van der Waals surface area contributed by atoms with Crippen LogP contribution in [0.3, 0.4) is 0 Å². The van der Waals surface area contributed by atoms with Crippen molar-refractivity contribution in [2.45, 2.75) is 104 Å². The van der Waals surface area contributed by atoms with Gasteiger partial charge in [-0.3, -0.25) is 4.79 Å². The highest BCUT2D eigenvalue weighted by Gasteiger charge is 2.65. The standard InChI is InChI=1S/C28H47NO6/c1-6-34-26(32)35-18-11-12-27(3)17(13-18)14-22(29)25-20-9-8-19(16(2)7-10-24(31)33-5)28(20,4)23(30)15-21(25)27/h16-23,25,30H,6-15,29H2,1-5H3/t16-,17+,18-,19-,20+,21+,22-,23+,25+,27+,28-/m1/s1. The van der Waals surface area contributed by atoms with Crippen molar-refractivity contribution >= 4 is 12.1 Å². The van der Waals surface area contributed by atoms with E-state index in [1.54, 1.807) is 6.92 Å². The number of nitrogens with two attached hydrogens (primary N) is 1. The van der Waals surface area contributed by atoms with E-state index in [0.717, 1.165) is 51.4 Å². The summed E-state index contributed by atoms with van der Waals surface area (Å²) in [5, 5.41) is 11.7. The lowest BCUT2D eigenvalue weighted by Gasteiger charge is -2.64. The largest absolute Gasteiger partial charge is 0.508 e. The van der Waals surface area contributed by atoms with Crippen molar-refractivity contribution in [1.29, 1.82) is 0 Å². The first kappa shape index (κ1) is 26.7. The molecular formula is C28H47NO6. The molecule has 0 aliphatic heterocycles. The van der Waals surface area contributed by atoms with E-state index in [2.05, 4.69) is 20.8 Å². The van der Waals surface area contributed by atoms with Gasteiger partial charge in [-0.05, 0) is 105 Å². The van der Waals surface area contributed by atoms with Gasteiger partial charge in [-0.25, -0.2) is 4.79 Å². The van der Waals surface area contributed by atoms with E-state index in [1.165, 1.54) is 7.11 Å². The number of esters is 1. The zero-order valence-corrected chi connectivity index (χ0v) is 22.3. The van der Waals surface area contributed by atoms with Crippen LogP contribution in [0.4, 0.5) is 4.79 Å². The quantitative estimate of drug-likeness (QED) is 0.517. The van der Waals surface area contributed by atoms with E-state index in [0.29, 0.717) is 48.5 Å². The number of ether oxygens (including phenoxy) is 3. The van der Waals surface area contributed by atoms with Crippen LogP contribution in [0.2, 0.25) is 0 Å². The zero-order valence-electron chi connectivity index (χ0n) is 22.3. The van der Waals surface area contributed by atoms with Crippen LogP contribution < -0.4 is 5.73 Å². The molecule has 0 heterocycles. The van der Waals surface area contributed by atoms with E-state index < -0.39 is 6.16 Å². The van der Waals surface area contributed by atoms with Crippen LogP contribution in [0.5, 0.6) is 0 Å². The second kappa shape index (κ2) is 10.2. The lowest BCUT2D eigenvalue weighted by molar-refractivity contribution is -0.181. The molecule has 200 valence electrons. The SMILES string of the molecule is CCOC(=O)O[C@@H]1CC[C@@]2(C)[C@@H](C1)C[C@@H](N)[C@@H]1[C@@H]2C[C@H](O)[C@]2(C)[C@@H]([C@H](C)CCC(=O)OC)CC[C@@H]12. The van der Waals surface area contributed by atoms with E-state index in [1.807, 2.05) is 0 Å².